The zero-order chi connectivity index (χ0) is 14.9. The molecule has 0 aromatic carbocycles. The van der Waals surface area contributed by atoms with Gasteiger partial charge in [-0.1, -0.05) is 45.7 Å². The summed E-state index contributed by atoms with van der Waals surface area (Å²) in [4.78, 5) is 11.6. The van der Waals surface area contributed by atoms with E-state index in [0.29, 0.717) is 5.15 Å². The molecule has 0 spiro atoms. The van der Waals surface area contributed by atoms with Gasteiger partial charge in [-0.3, -0.25) is 0 Å². The SMILES string of the molecule is CCC1CCN(c2nc(C(C)(C)C)nc(Cl)c2C)CC1. The molecule has 112 valence electrons. The summed E-state index contributed by atoms with van der Waals surface area (Å²) >= 11 is 6.32. The van der Waals surface area contributed by atoms with Gasteiger partial charge in [-0.25, -0.2) is 9.97 Å². The van der Waals surface area contributed by atoms with Crippen LogP contribution in [0.15, 0.2) is 0 Å². The highest BCUT2D eigenvalue weighted by molar-refractivity contribution is 6.30. The fraction of sp³-hybridized carbons (Fsp3) is 0.750. The highest BCUT2D eigenvalue weighted by Gasteiger charge is 2.25. The molecule has 0 unspecified atom stereocenters. The highest BCUT2D eigenvalue weighted by atomic mass is 35.5. The monoisotopic (exact) mass is 295 g/mol. The second-order valence-corrected chi connectivity index (χ2v) is 7.23. The summed E-state index contributed by atoms with van der Waals surface area (Å²) in [5, 5.41) is 0.595. The molecule has 0 N–H and O–H groups in total. The Morgan fingerprint density at radius 3 is 2.30 bits per heavy atom. The van der Waals surface area contributed by atoms with Crippen molar-refractivity contribution in [3.63, 3.8) is 0 Å². The molecule has 2 heterocycles. The lowest BCUT2D eigenvalue weighted by Gasteiger charge is -2.34. The van der Waals surface area contributed by atoms with Crippen molar-refractivity contribution in [2.75, 3.05) is 18.0 Å². The predicted molar refractivity (Wildman–Crippen MR) is 85.7 cm³/mol. The molecule has 1 aromatic heterocycles. The summed E-state index contributed by atoms with van der Waals surface area (Å²) in [6.45, 7) is 12.8. The van der Waals surface area contributed by atoms with E-state index in [1.54, 1.807) is 0 Å². The van der Waals surface area contributed by atoms with Gasteiger partial charge in [-0.15, -0.1) is 0 Å². The van der Waals surface area contributed by atoms with Crippen LogP contribution in [0.2, 0.25) is 5.15 Å². The van der Waals surface area contributed by atoms with E-state index in [0.717, 1.165) is 36.2 Å². The van der Waals surface area contributed by atoms with Gasteiger partial charge < -0.3 is 4.90 Å². The lowest BCUT2D eigenvalue weighted by molar-refractivity contribution is 0.392. The Labute approximate surface area is 127 Å². The van der Waals surface area contributed by atoms with E-state index in [-0.39, 0.29) is 5.41 Å². The summed E-state index contributed by atoms with van der Waals surface area (Å²) in [5.74, 6) is 2.73. The maximum absolute atomic E-state index is 6.32. The van der Waals surface area contributed by atoms with E-state index in [4.69, 9.17) is 16.6 Å². The summed E-state index contributed by atoms with van der Waals surface area (Å²) in [6.07, 6.45) is 3.79. The number of hydrogen-bond donors (Lipinski definition) is 0. The van der Waals surface area contributed by atoms with E-state index in [1.807, 2.05) is 6.92 Å². The van der Waals surface area contributed by atoms with Crippen molar-refractivity contribution in [3.05, 3.63) is 16.5 Å². The molecule has 20 heavy (non-hydrogen) atoms. The van der Waals surface area contributed by atoms with Crippen LogP contribution in [0.1, 0.15) is 58.3 Å². The van der Waals surface area contributed by atoms with Gasteiger partial charge in [-0.2, -0.15) is 0 Å². The molecule has 0 amide bonds. The van der Waals surface area contributed by atoms with Crippen LogP contribution >= 0.6 is 11.6 Å². The lowest BCUT2D eigenvalue weighted by Crippen LogP contribution is -2.35. The Morgan fingerprint density at radius 1 is 1.20 bits per heavy atom. The zero-order valence-electron chi connectivity index (χ0n) is 13.3. The maximum Gasteiger partial charge on any atom is 0.137 e. The van der Waals surface area contributed by atoms with Crippen LogP contribution in [0.3, 0.4) is 0 Å². The summed E-state index contributed by atoms with van der Waals surface area (Å²) in [5.41, 5.74) is 0.933. The molecule has 1 aliphatic rings. The molecule has 2 rings (SSSR count). The van der Waals surface area contributed by atoms with Crippen LogP contribution < -0.4 is 4.90 Å². The Bertz CT molecular complexity index is 471. The lowest BCUT2D eigenvalue weighted by atomic mass is 9.94. The normalized spacial score (nSPS) is 17.6. The topological polar surface area (TPSA) is 29.0 Å². The van der Waals surface area contributed by atoms with Gasteiger partial charge in [0.15, 0.2) is 0 Å². The van der Waals surface area contributed by atoms with Crippen molar-refractivity contribution in [2.45, 2.75) is 59.3 Å². The molecule has 4 heteroatoms. The number of hydrogen-bond acceptors (Lipinski definition) is 3. The van der Waals surface area contributed by atoms with E-state index >= 15 is 0 Å². The number of rotatable bonds is 2. The Morgan fingerprint density at radius 2 is 1.80 bits per heavy atom. The van der Waals surface area contributed by atoms with Gasteiger partial charge in [-0.05, 0) is 25.7 Å². The third-order valence-corrected chi connectivity index (χ3v) is 4.59. The van der Waals surface area contributed by atoms with Crippen molar-refractivity contribution in [1.29, 1.82) is 0 Å². The van der Waals surface area contributed by atoms with Gasteiger partial charge in [0.1, 0.15) is 16.8 Å². The highest BCUT2D eigenvalue weighted by Crippen LogP contribution is 2.31. The smallest absolute Gasteiger partial charge is 0.137 e. The molecule has 0 atom stereocenters. The average molecular weight is 296 g/mol. The quantitative estimate of drug-likeness (QED) is 0.759. The van der Waals surface area contributed by atoms with Crippen LogP contribution in [-0.2, 0) is 5.41 Å². The minimum Gasteiger partial charge on any atom is -0.356 e. The largest absolute Gasteiger partial charge is 0.356 e. The van der Waals surface area contributed by atoms with Gasteiger partial charge in [0.05, 0.1) is 0 Å². The molecule has 0 aliphatic carbocycles. The third kappa shape index (κ3) is 3.25. The minimum atomic E-state index is -0.0756. The third-order valence-electron chi connectivity index (χ3n) is 4.22. The predicted octanol–water partition coefficient (Wildman–Crippen LogP) is 4.36. The summed E-state index contributed by atoms with van der Waals surface area (Å²) < 4.78 is 0. The van der Waals surface area contributed by atoms with Crippen LogP contribution in [-0.4, -0.2) is 23.1 Å². The van der Waals surface area contributed by atoms with Crippen molar-refractivity contribution in [3.8, 4) is 0 Å². The number of nitrogens with zero attached hydrogens (tertiary/aromatic N) is 3. The molecule has 0 radical (unpaired) electrons. The van der Waals surface area contributed by atoms with Crippen LogP contribution in [0, 0.1) is 12.8 Å². The molecular weight excluding hydrogens is 270 g/mol. The van der Waals surface area contributed by atoms with Gasteiger partial charge >= 0.3 is 0 Å². The average Bonchev–Trinajstić information content (AvgIpc) is 2.40. The number of halogens is 1. The number of aromatic nitrogens is 2. The molecule has 0 bridgehead atoms. The molecule has 1 aromatic rings. The van der Waals surface area contributed by atoms with Crippen LogP contribution in [0.5, 0.6) is 0 Å². The Hall–Kier alpha value is -0.830. The first-order valence-electron chi connectivity index (χ1n) is 7.62. The van der Waals surface area contributed by atoms with Crippen LogP contribution in [0.4, 0.5) is 5.82 Å². The first-order valence-corrected chi connectivity index (χ1v) is 8.00. The minimum absolute atomic E-state index is 0.0756. The molecule has 1 saturated heterocycles. The fourth-order valence-electron chi connectivity index (χ4n) is 2.67. The van der Waals surface area contributed by atoms with Crippen molar-refractivity contribution < 1.29 is 0 Å². The first kappa shape index (κ1) is 15.6. The van der Waals surface area contributed by atoms with Crippen LogP contribution in [0.25, 0.3) is 0 Å². The maximum atomic E-state index is 6.32. The van der Waals surface area contributed by atoms with E-state index < -0.39 is 0 Å². The molecule has 0 saturated carbocycles. The van der Waals surface area contributed by atoms with E-state index in [1.165, 1.54) is 19.3 Å². The standard InChI is InChI=1S/C16H26ClN3/c1-6-12-7-9-20(10-8-12)14-11(2)13(17)18-15(19-14)16(3,4)5/h12H,6-10H2,1-5H3. The van der Waals surface area contributed by atoms with Crippen molar-refractivity contribution in [2.24, 2.45) is 5.92 Å². The Kier molecular flexibility index (Phi) is 4.58. The summed E-state index contributed by atoms with van der Waals surface area (Å²) in [7, 11) is 0. The second kappa shape index (κ2) is 5.88. The van der Waals surface area contributed by atoms with E-state index in [9.17, 15) is 0 Å². The van der Waals surface area contributed by atoms with Gasteiger partial charge in [0, 0.05) is 24.1 Å². The van der Waals surface area contributed by atoms with Crippen molar-refractivity contribution >= 4 is 17.4 Å². The molecule has 1 fully saturated rings. The number of anilines is 1. The molecule has 1 aliphatic heterocycles. The number of piperidine rings is 1. The van der Waals surface area contributed by atoms with Crippen molar-refractivity contribution in [1.82, 2.24) is 9.97 Å². The fourth-order valence-corrected chi connectivity index (χ4v) is 2.84. The van der Waals surface area contributed by atoms with E-state index in [2.05, 4.69) is 37.6 Å². The first-order chi connectivity index (χ1) is 9.32. The zero-order valence-corrected chi connectivity index (χ0v) is 14.1. The molecular formula is C16H26ClN3. The summed E-state index contributed by atoms with van der Waals surface area (Å²) in [6, 6.07) is 0. The van der Waals surface area contributed by atoms with Gasteiger partial charge in [0.25, 0.3) is 0 Å². The second-order valence-electron chi connectivity index (χ2n) is 6.88. The molecule has 3 nitrogen and oxygen atoms in total. The van der Waals surface area contributed by atoms with Gasteiger partial charge in [0.2, 0.25) is 0 Å². The Balaban J connectivity index is 2.29.